The van der Waals surface area contributed by atoms with Crippen LogP contribution >= 0.6 is 12.2 Å². The van der Waals surface area contributed by atoms with Crippen molar-refractivity contribution >= 4 is 17.6 Å². The Bertz CT molecular complexity index is 203. The van der Waals surface area contributed by atoms with Gasteiger partial charge in [0.2, 0.25) is 0 Å². The van der Waals surface area contributed by atoms with E-state index in [4.69, 9.17) is 12.2 Å². The second-order valence-electron chi connectivity index (χ2n) is 2.45. The number of thiocarbonyl (C=S) groups is 1. The van der Waals surface area contributed by atoms with E-state index in [0.717, 1.165) is 19.3 Å². The molecule has 57 valence electrons. The van der Waals surface area contributed by atoms with Crippen molar-refractivity contribution in [3.8, 4) is 0 Å². The molecule has 1 aromatic carbocycles. The monoisotopic (exact) mass is 163 g/mol. The quantitative estimate of drug-likeness (QED) is 0.486. The van der Waals surface area contributed by atoms with Gasteiger partial charge in [-0.2, -0.15) is 0 Å². The van der Waals surface area contributed by atoms with E-state index in [9.17, 15) is 0 Å². The summed E-state index contributed by atoms with van der Waals surface area (Å²) in [5, 5.41) is 1.79. The summed E-state index contributed by atoms with van der Waals surface area (Å²) in [6.07, 6.45) is 3.26. The lowest BCUT2D eigenvalue weighted by molar-refractivity contribution is 0.877. The maximum absolute atomic E-state index is 4.73. The molecule has 0 saturated heterocycles. The van der Waals surface area contributed by atoms with Crippen LogP contribution in [0.1, 0.15) is 18.4 Å². The van der Waals surface area contributed by atoms with E-state index in [1.54, 1.807) is 5.37 Å². The van der Waals surface area contributed by atoms with Crippen LogP contribution in [-0.2, 0) is 6.42 Å². The summed E-state index contributed by atoms with van der Waals surface area (Å²) in [5.41, 5.74) is 1.28. The van der Waals surface area contributed by atoms with Crippen molar-refractivity contribution in [3.63, 3.8) is 0 Å². The summed E-state index contributed by atoms with van der Waals surface area (Å²) in [6.45, 7) is 0. The van der Waals surface area contributed by atoms with Gasteiger partial charge in [0.25, 0.3) is 0 Å². The molecule has 0 fully saturated rings. The molecule has 11 heavy (non-hydrogen) atoms. The SMILES string of the molecule is S=CCCCc1[c]cccc1. The van der Waals surface area contributed by atoms with Crippen molar-refractivity contribution in [2.45, 2.75) is 19.3 Å². The molecule has 0 saturated carbocycles. The molecule has 0 N–H and O–H groups in total. The second-order valence-corrected chi connectivity index (χ2v) is 2.78. The third-order valence-electron chi connectivity index (χ3n) is 1.54. The van der Waals surface area contributed by atoms with Gasteiger partial charge in [-0.25, -0.2) is 0 Å². The summed E-state index contributed by atoms with van der Waals surface area (Å²) < 4.78 is 0. The Morgan fingerprint density at radius 3 is 3.00 bits per heavy atom. The van der Waals surface area contributed by atoms with Crippen LogP contribution in [0.15, 0.2) is 24.3 Å². The standard InChI is InChI=1S/C10H11S/c11-9-5-4-8-10-6-2-1-3-7-10/h1-3,6,9H,4-5,8H2. The average Bonchev–Trinajstić information content (AvgIpc) is 2.07. The zero-order chi connectivity index (χ0) is 7.94. The van der Waals surface area contributed by atoms with Crippen LogP contribution in [0, 0.1) is 6.07 Å². The molecule has 0 bridgehead atoms. The van der Waals surface area contributed by atoms with Crippen LogP contribution in [-0.4, -0.2) is 5.37 Å². The van der Waals surface area contributed by atoms with Gasteiger partial charge in [0.05, 0.1) is 0 Å². The Labute approximate surface area is 73.2 Å². The minimum absolute atomic E-state index is 1.03. The van der Waals surface area contributed by atoms with Crippen molar-refractivity contribution < 1.29 is 0 Å². The van der Waals surface area contributed by atoms with E-state index >= 15 is 0 Å². The lowest BCUT2D eigenvalue weighted by Crippen LogP contribution is -1.84. The summed E-state index contributed by atoms with van der Waals surface area (Å²) in [7, 11) is 0. The first kappa shape index (κ1) is 8.41. The Balaban J connectivity index is 2.33. The van der Waals surface area contributed by atoms with Gasteiger partial charge in [-0.05, 0) is 36.3 Å². The van der Waals surface area contributed by atoms with E-state index in [1.807, 2.05) is 18.2 Å². The predicted octanol–water partition coefficient (Wildman–Crippen LogP) is 2.81. The summed E-state index contributed by atoms with van der Waals surface area (Å²) in [5.74, 6) is 0. The van der Waals surface area contributed by atoms with Gasteiger partial charge >= 0.3 is 0 Å². The Morgan fingerprint density at radius 2 is 2.36 bits per heavy atom. The molecule has 1 radical (unpaired) electrons. The fourth-order valence-electron chi connectivity index (χ4n) is 0.962. The number of hydrogen-bond acceptors (Lipinski definition) is 1. The first-order valence-corrected chi connectivity index (χ1v) is 4.30. The molecule has 0 unspecified atom stereocenters. The summed E-state index contributed by atoms with van der Waals surface area (Å²) in [4.78, 5) is 0. The lowest BCUT2D eigenvalue weighted by Gasteiger charge is -1.96. The van der Waals surface area contributed by atoms with Gasteiger partial charge in [0.15, 0.2) is 0 Å². The zero-order valence-corrected chi connectivity index (χ0v) is 7.23. The van der Waals surface area contributed by atoms with Gasteiger partial charge in [0.1, 0.15) is 0 Å². The molecule has 0 aromatic heterocycles. The van der Waals surface area contributed by atoms with Crippen molar-refractivity contribution in [1.82, 2.24) is 0 Å². The minimum Gasteiger partial charge on any atom is -0.0935 e. The molecule has 0 atom stereocenters. The highest BCUT2D eigenvalue weighted by molar-refractivity contribution is 7.78. The molecule has 0 amide bonds. The van der Waals surface area contributed by atoms with Gasteiger partial charge in [-0.3, -0.25) is 0 Å². The zero-order valence-electron chi connectivity index (χ0n) is 6.42. The minimum atomic E-state index is 1.03. The maximum Gasteiger partial charge on any atom is -0.0149 e. The van der Waals surface area contributed by atoms with Gasteiger partial charge in [0, 0.05) is 0 Å². The van der Waals surface area contributed by atoms with Crippen molar-refractivity contribution in [2.24, 2.45) is 0 Å². The number of hydrogen-bond donors (Lipinski definition) is 0. The molecule has 1 rings (SSSR count). The first-order chi connectivity index (χ1) is 5.43. The summed E-state index contributed by atoms with van der Waals surface area (Å²) in [6, 6.07) is 11.3. The normalized spacial score (nSPS) is 9.45. The van der Waals surface area contributed by atoms with E-state index in [0.29, 0.717) is 0 Å². The van der Waals surface area contributed by atoms with Gasteiger partial charge < -0.3 is 0 Å². The van der Waals surface area contributed by atoms with Crippen LogP contribution in [0.4, 0.5) is 0 Å². The smallest absolute Gasteiger partial charge is 0.0149 e. The Kier molecular flexibility index (Phi) is 3.84. The maximum atomic E-state index is 4.73. The highest BCUT2D eigenvalue weighted by Gasteiger charge is 1.89. The number of aryl methyl sites for hydroxylation is 1. The van der Waals surface area contributed by atoms with Crippen molar-refractivity contribution in [3.05, 3.63) is 35.9 Å². The molecule has 0 heterocycles. The fraction of sp³-hybridized carbons (Fsp3) is 0.300. The van der Waals surface area contributed by atoms with Gasteiger partial charge in [-0.1, -0.05) is 36.5 Å². The molecular weight excluding hydrogens is 152 g/mol. The van der Waals surface area contributed by atoms with Crippen LogP contribution in [0.5, 0.6) is 0 Å². The van der Waals surface area contributed by atoms with E-state index < -0.39 is 0 Å². The third-order valence-corrected chi connectivity index (χ3v) is 1.78. The average molecular weight is 163 g/mol. The Hall–Kier alpha value is -0.690. The fourth-order valence-corrected chi connectivity index (χ4v) is 1.13. The number of benzene rings is 1. The third kappa shape index (κ3) is 3.28. The molecule has 0 spiro atoms. The molecule has 1 aromatic rings. The van der Waals surface area contributed by atoms with Crippen LogP contribution < -0.4 is 0 Å². The molecule has 0 nitrogen and oxygen atoms in total. The number of rotatable bonds is 4. The number of unbranched alkanes of at least 4 members (excludes halogenated alkanes) is 1. The molecule has 0 aliphatic heterocycles. The van der Waals surface area contributed by atoms with Crippen molar-refractivity contribution in [1.29, 1.82) is 0 Å². The second kappa shape index (κ2) is 5.03. The lowest BCUT2D eigenvalue weighted by atomic mass is 10.1. The highest BCUT2D eigenvalue weighted by atomic mass is 32.1. The Morgan fingerprint density at radius 1 is 1.45 bits per heavy atom. The van der Waals surface area contributed by atoms with Gasteiger partial charge in [-0.15, -0.1) is 0 Å². The largest absolute Gasteiger partial charge is 0.0935 e. The van der Waals surface area contributed by atoms with E-state index in [1.165, 1.54) is 5.56 Å². The van der Waals surface area contributed by atoms with E-state index in [-0.39, 0.29) is 0 Å². The summed E-state index contributed by atoms with van der Waals surface area (Å²) >= 11 is 4.73. The van der Waals surface area contributed by atoms with E-state index in [2.05, 4.69) is 12.1 Å². The van der Waals surface area contributed by atoms with Crippen LogP contribution in [0.3, 0.4) is 0 Å². The van der Waals surface area contributed by atoms with Crippen molar-refractivity contribution in [2.75, 3.05) is 0 Å². The molecule has 0 aliphatic carbocycles. The van der Waals surface area contributed by atoms with Crippen LogP contribution in [0.25, 0.3) is 0 Å². The molecule has 1 heteroatoms. The van der Waals surface area contributed by atoms with Crippen LogP contribution in [0.2, 0.25) is 0 Å². The molecular formula is C10H11S. The first-order valence-electron chi connectivity index (χ1n) is 3.82. The highest BCUT2D eigenvalue weighted by Crippen LogP contribution is 2.02. The molecule has 0 aliphatic rings. The predicted molar refractivity (Wildman–Crippen MR) is 51.9 cm³/mol. The topological polar surface area (TPSA) is 0 Å².